The lowest BCUT2D eigenvalue weighted by Gasteiger charge is -2.13. The molecule has 0 aliphatic heterocycles. The maximum Gasteiger partial charge on any atom is 0.148 e. The highest BCUT2D eigenvalue weighted by Crippen LogP contribution is 2.28. The predicted molar refractivity (Wildman–Crippen MR) is 82.8 cm³/mol. The number of aromatic nitrogens is 3. The molecule has 0 N–H and O–H groups in total. The molecule has 0 fully saturated rings. The second kappa shape index (κ2) is 4.60. The van der Waals surface area contributed by atoms with E-state index in [0.29, 0.717) is 0 Å². The summed E-state index contributed by atoms with van der Waals surface area (Å²) in [5.74, 6) is 0.779. The Hall–Kier alpha value is -1.87. The number of hydrogen-bond acceptors (Lipinski definition) is 2. The van der Waals surface area contributed by atoms with Crippen LogP contribution in [0.1, 0.15) is 22.5 Å². The van der Waals surface area contributed by atoms with Crippen LogP contribution in [-0.4, -0.2) is 14.5 Å². The van der Waals surface area contributed by atoms with E-state index in [-0.39, 0.29) is 0 Å². The van der Waals surface area contributed by atoms with E-state index in [1.54, 1.807) is 0 Å². The fraction of sp³-hybridized carbons (Fsp3) is 0.250. The molecular formula is C16H16ClN3. The molecule has 3 aromatic rings. The maximum atomic E-state index is 6.12. The fourth-order valence-electron chi connectivity index (χ4n) is 2.70. The number of fused-ring (bicyclic) bond motifs is 1. The van der Waals surface area contributed by atoms with Gasteiger partial charge in [-0.2, -0.15) is 0 Å². The molecular weight excluding hydrogens is 270 g/mol. The van der Waals surface area contributed by atoms with Crippen molar-refractivity contribution >= 4 is 22.6 Å². The SMILES string of the molecule is Cc1ncc2c(C)cn(-c3c(C)cc(Cl)cc3C)c2n1. The van der Waals surface area contributed by atoms with Crippen molar-refractivity contribution in [3.63, 3.8) is 0 Å². The average Bonchev–Trinajstić information content (AvgIpc) is 2.65. The smallest absolute Gasteiger partial charge is 0.148 e. The number of benzene rings is 1. The van der Waals surface area contributed by atoms with Gasteiger partial charge in [-0.3, -0.25) is 0 Å². The van der Waals surface area contributed by atoms with E-state index >= 15 is 0 Å². The minimum atomic E-state index is 0.766. The van der Waals surface area contributed by atoms with Crippen molar-refractivity contribution in [2.75, 3.05) is 0 Å². The van der Waals surface area contributed by atoms with E-state index in [4.69, 9.17) is 11.6 Å². The van der Waals surface area contributed by atoms with Gasteiger partial charge in [-0.1, -0.05) is 11.6 Å². The van der Waals surface area contributed by atoms with Crippen LogP contribution in [0.2, 0.25) is 5.02 Å². The Balaban J connectivity index is 2.38. The summed E-state index contributed by atoms with van der Waals surface area (Å²) in [6, 6.07) is 3.97. The summed E-state index contributed by atoms with van der Waals surface area (Å²) in [7, 11) is 0. The molecule has 1 aromatic carbocycles. The fourth-order valence-corrected chi connectivity index (χ4v) is 3.03. The molecule has 4 heteroatoms. The third kappa shape index (κ3) is 1.98. The van der Waals surface area contributed by atoms with Gasteiger partial charge in [-0.25, -0.2) is 9.97 Å². The summed E-state index contributed by atoms with van der Waals surface area (Å²) in [6.07, 6.45) is 4.01. The molecule has 102 valence electrons. The number of halogens is 1. The molecule has 2 aromatic heterocycles. The van der Waals surface area contributed by atoms with Crippen LogP contribution in [-0.2, 0) is 0 Å². The normalized spacial score (nSPS) is 11.2. The molecule has 0 spiro atoms. The van der Waals surface area contributed by atoms with Crippen LogP contribution in [0.15, 0.2) is 24.5 Å². The van der Waals surface area contributed by atoms with Crippen LogP contribution in [0.3, 0.4) is 0 Å². The van der Waals surface area contributed by atoms with Gasteiger partial charge in [0.25, 0.3) is 0 Å². The third-order valence-corrected chi connectivity index (χ3v) is 3.78. The Morgan fingerprint density at radius 3 is 2.30 bits per heavy atom. The summed E-state index contributed by atoms with van der Waals surface area (Å²) in [5, 5.41) is 1.85. The molecule has 0 saturated carbocycles. The second-order valence-electron chi connectivity index (χ2n) is 5.22. The molecule has 0 radical (unpaired) electrons. The van der Waals surface area contributed by atoms with Gasteiger partial charge in [-0.05, 0) is 56.5 Å². The number of aryl methyl sites for hydroxylation is 4. The summed E-state index contributed by atoms with van der Waals surface area (Å²) in [4.78, 5) is 8.88. The Labute approximate surface area is 123 Å². The molecule has 0 aliphatic carbocycles. The number of hydrogen-bond donors (Lipinski definition) is 0. The number of rotatable bonds is 1. The first kappa shape index (κ1) is 13.1. The predicted octanol–water partition coefficient (Wildman–Crippen LogP) is 4.31. The lowest BCUT2D eigenvalue weighted by molar-refractivity contribution is 1.01. The van der Waals surface area contributed by atoms with Gasteiger partial charge in [-0.15, -0.1) is 0 Å². The Morgan fingerprint density at radius 1 is 1.00 bits per heavy atom. The highest BCUT2D eigenvalue weighted by molar-refractivity contribution is 6.30. The van der Waals surface area contributed by atoms with Crippen molar-refractivity contribution in [2.45, 2.75) is 27.7 Å². The average molecular weight is 286 g/mol. The maximum absolute atomic E-state index is 6.12. The minimum Gasteiger partial charge on any atom is -0.300 e. The topological polar surface area (TPSA) is 30.7 Å². The lowest BCUT2D eigenvalue weighted by atomic mass is 10.1. The first-order chi connectivity index (χ1) is 9.47. The van der Waals surface area contributed by atoms with Gasteiger partial charge < -0.3 is 4.57 Å². The van der Waals surface area contributed by atoms with Crippen molar-refractivity contribution in [1.29, 1.82) is 0 Å². The van der Waals surface area contributed by atoms with Crippen LogP contribution in [0, 0.1) is 27.7 Å². The molecule has 3 nitrogen and oxygen atoms in total. The molecule has 20 heavy (non-hydrogen) atoms. The number of nitrogens with zero attached hydrogens (tertiary/aromatic N) is 3. The molecule has 0 amide bonds. The molecule has 0 unspecified atom stereocenters. The van der Waals surface area contributed by atoms with Crippen molar-refractivity contribution in [3.8, 4) is 5.69 Å². The van der Waals surface area contributed by atoms with E-state index in [2.05, 4.69) is 41.5 Å². The molecule has 3 rings (SSSR count). The molecule has 2 heterocycles. The Morgan fingerprint density at radius 2 is 1.65 bits per heavy atom. The first-order valence-electron chi connectivity index (χ1n) is 6.56. The van der Waals surface area contributed by atoms with Crippen molar-refractivity contribution < 1.29 is 0 Å². The Bertz CT molecular complexity index is 795. The van der Waals surface area contributed by atoms with E-state index in [1.807, 2.05) is 25.3 Å². The molecule has 0 saturated heterocycles. The van der Waals surface area contributed by atoms with Gasteiger partial charge in [0.15, 0.2) is 0 Å². The zero-order chi connectivity index (χ0) is 14.4. The summed E-state index contributed by atoms with van der Waals surface area (Å²) < 4.78 is 2.14. The Kier molecular flexibility index (Phi) is 3.02. The molecule has 0 aliphatic rings. The van der Waals surface area contributed by atoms with E-state index in [0.717, 1.165) is 38.7 Å². The van der Waals surface area contributed by atoms with E-state index < -0.39 is 0 Å². The van der Waals surface area contributed by atoms with E-state index in [1.165, 1.54) is 5.56 Å². The van der Waals surface area contributed by atoms with Crippen LogP contribution in [0.4, 0.5) is 0 Å². The summed E-state index contributed by atoms with van der Waals surface area (Å²) >= 11 is 6.12. The highest BCUT2D eigenvalue weighted by Gasteiger charge is 2.13. The zero-order valence-electron chi connectivity index (χ0n) is 12.0. The lowest BCUT2D eigenvalue weighted by Crippen LogP contribution is -2.01. The van der Waals surface area contributed by atoms with Gasteiger partial charge in [0, 0.05) is 22.8 Å². The minimum absolute atomic E-state index is 0.766. The second-order valence-corrected chi connectivity index (χ2v) is 5.66. The van der Waals surface area contributed by atoms with Crippen LogP contribution in [0.25, 0.3) is 16.7 Å². The van der Waals surface area contributed by atoms with Crippen LogP contribution < -0.4 is 0 Å². The monoisotopic (exact) mass is 285 g/mol. The largest absolute Gasteiger partial charge is 0.300 e. The van der Waals surface area contributed by atoms with Crippen molar-refractivity contribution in [2.24, 2.45) is 0 Å². The highest BCUT2D eigenvalue weighted by atomic mass is 35.5. The standard InChI is InChI=1S/C16H16ClN3/c1-9-5-13(17)6-10(2)15(9)20-8-11(3)14-7-18-12(4)19-16(14)20/h5-8H,1-4H3. The van der Waals surface area contributed by atoms with Crippen LogP contribution >= 0.6 is 11.6 Å². The van der Waals surface area contributed by atoms with Gasteiger partial charge in [0.2, 0.25) is 0 Å². The van der Waals surface area contributed by atoms with E-state index in [9.17, 15) is 0 Å². The molecule has 0 atom stereocenters. The first-order valence-corrected chi connectivity index (χ1v) is 6.93. The van der Waals surface area contributed by atoms with Crippen molar-refractivity contribution in [1.82, 2.24) is 14.5 Å². The quantitative estimate of drug-likeness (QED) is 0.667. The van der Waals surface area contributed by atoms with Gasteiger partial charge >= 0.3 is 0 Å². The van der Waals surface area contributed by atoms with Crippen LogP contribution in [0.5, 0.6) is 0 Å². The zero-order valence-corrected chi connectivity index (χ0v) is 12.8. The molecule has 0 bridgehead atoms. The van der Waals surface area contributed by atoms with Gasteiger partial charge in [0.1, 0.15) is 11.5 Å². The third-order valence-electron chi connectivity index (χ3n) is 3.56. The van der Waals surface area contributed by atoms with Crippen molar-refractivity contribution in [3.05, 3.63) is 52.1 Å². The summed E-state index contributed by atoms with van der Waals surface area (Å²) in [6.45, 7) is 8.14. The summed E-state index contributed by atoms with van der Waals surface area (Å²) in [5.41, 5.74) is 5.55. The van der Waals surface area contributed by atoms with Gasteiger partial charge in [0.05, 0.1) is 5.69 Å².